The van der Waals surface area contributed by atoms with Crippen molar-refractivity contribution in [2.24, 2.45) is 0 Å². The van der Waals surface area contributed by atoms with E-state index in [0.717, 1.165) is 0 Å². The number of hydrogen-bond donors (Lipinski definition) is 0. The van der Waals surface area contributed by atoms with E-state index in [1.165, 1.54) is 0 Å². The molecule has 2 rings (SSSR count). The van der Waals surface area contributed by atoms with Gasteiger partial charge in [0.2, 0.25) is 0 Å². The van der Waals surface area contributed by atoms with Gasteiger partial charge in [-0.25, -0.2) is 9.59 Å². The molecule has 0 aliphatic carbocycles. The first kappa shape index (κ1) is 17.8. The molecule has 0 aromatic heterocycles. The monoisotopic (exact) mass is 332 g/mol. The quantitative estimate of drug-likeness (QED) is 0.630. The highest BCUT2D eigenvalue weighted by atomic mass is 16.6. The largest absolute Gasteiger partial charge is 0.447 e. The Morgan fingerprint density at radius 3 is 1.48 bits per heavy atom. The van der Waals surface area contributed by atoms with E-state index in [2.05, 4.69) is 0 Å². The van der Waals surface area contributed by atoms with Gasteiger partial charge in [-0.3, -0.25) is 0 Å². The molecule has 132 valence electrons. The average molecular weight is 332 g/mol. The summed E-state index contributed by atoms with van der Waals surface area (Å²) in [4.78, 5) is 26.5. The van der Waals surface area contributed by atoms with E-state index in [1.54, 1.807) is 9.80 Å². The van der Waals surface area contributed by atoms with Crippen molar-refractivity contribution < 1.29 is 33.3 Å². The second-order valence-corrected chi connectivity index (χ2v) is 5.04. The van der Waals surface area contributed by atoms with Crippen LogP contribution in [0.1, 0.15) is 0 Å². The second kappa shape index (κ2) is 10.2. The minimum absolute atomic E-state index is 0.174. The molecule has 0 bridgehead atoms. The highest BCUT2D eigenvalue weighted by Crippen LogP contribution is 2.01. The molecule has 0 unspecified atom stereocenters. The molecule has 2 saturated heterocycles. The number of rotatable bonds is 6. The van der Waals surface area contributed by atoms with Crippen LogP contribution >= 0.6 is 0 Å². The third-order valence-corrected chi connectivity index (χ3v) is 3.44. The molecule has 0 aromatic rings. The highest BCUT2D eigenvalue weighted by molar-refractivity contribution is 5.68. The van der Waals surface area contributed by atoms with Gasteiger partial charge in [-0.1, -0.05) is 0 Å². The molecule has 23 heavy (non-hydrogen) atoms. The first-order chi connectivity index (χ1) is 11.3. The van der Waals surface area contributed by atoms with E-state index in [-0.39, 0.29) is 38.6 Å². The van der Waals surface area contributed by atoms with Crippen LogP contribution in [0.3, 0.4) is 0 Å². The molecule has 2 amide bonds. The summed E-state index contributed by atoms with van der Waals surface area (Å²) in [7, 11) is 0. The van der Waals surface area contributed by atoms with Crippen molar-refractivity contribution in [2.75, 3.05) is 79.0 Å². The Bertz CT molecular complexity index is 334. The van der Waals surface area contributed by atoms with Crippen LogP contribution in [-0.4, -0.2) is 101 Å². The smallest absolute Gasteiger partial charge is 0.409 e. The highest BCUT2D eigenvalue weighted by Gasteiger charge is 2.18. The summed E-state index contributed by atoms with van der Waals surface area (Å²) in [5.41, 5.74) is 0. The minimum Gasteiger partial charge on any atom is -0.447 e. The maximum Gasteiger partial charge on any atom is 0.409 e. The molecular weight excluding hydrogens is 308 g/mol. The van der Waals surface area contributed by atoms with Crippen LogP contribution in [0.5, 0.6) is 0 Å². The molecule has 0 radical (unpaired) electrons. The van der Waals surface area contributed by atoms with Crippen molar-refractivity contribution in [1.82, 2.24) is 9.80 Å². The molecule has 0 saturated carbocycles. The minimum atomic E-state index is -0.351. The number of carbonyl (C=O) groups excluding carboxylic acids is 2. The van der Waals surface area contributed by atoms with Gasteiger partial charge in [0, 0.05) is 26.2 Å². The van der Waals surface area contributed by atoms with Crippen molar-refractivity contribution in [3.05, 3.63) is 0 Å². The second-order valence-electron chi connectivity index (χ2n) is 5.04. The zero-order chi connectivity index (χ0) is 16.3. The molecule has 2 heterocycles. The lowest BCUT2D eigenvalue weighted by atomic mass is 10.5. The lowest BCUT2D eigenvalue weighted by Crippen LogP contribution is -2.41. The van der Waals surface area contributed by atoms with Gasteiger partial charge in [-0.15, -0.1) is 0 Å². The molecule has 2 aliphatic heterocycles. The number of morpholine rings is 2. The van der Waals surface area contributed by atoms with Crippen LogP contribution in [-0.2, 0) is 23.7 Å². The summed E-state index contributed by atoms with van der Waals surface area (Å²) < 4.78 is 25.7. The maximum absolute atomic E-state index is 11.7. The maximum atomic E-state index is 11.7. The Morgan fingerprint density at radius 2 is 1.09 bits per heavy atom. The molecular formula is C14H24N2O7. The van der Waals surface area contributed by atoms with Crippen molar-refractivity contribution in [2.45, 2.75) is 0 Å². The molecule has 0 N–H and O–H groups in total. The van der Waals surface area contributed by atoms with Gasteiger partial charge in [0.05, 0.1) is 39.6 Å². The Hall–Kier alpha value is -1.58. The molecule has 0 aromatic carbocycles. The van der Waals surface area contributed by atoms with Crippen LogP contribution < -0.4 is 0 Å². The van der Waals surface area contributed by atoms with Crippen LogP contribution in [0.4, 0.5) is 9.59 Å². The average Bonchev–Trinajstić information content (AvgIpc) is 2.62. The Labute approximate surface area is 135 Å². The predicted octanol–water partition coefficient (Wildman–Crippen LogP) is -0.0594. The molecule has 2 aliphatic rings. The number of carbonyl (C=O) groups is 2. The van der Waals surface area contributed by atoms with Crippen LogP contribution in [0, 0.1) is 0 Å². The number of hydrogen-bond acceptors (Lipinski definition) is 7. The summed E-state index contributed by atoms with van der Waals surface area (Å²) in [5.74, 6) is 0. The number of ether oxygens (including phenoxy) is 5. The summed E-state index contributed by atoms with van der Waals surface area (Å²) in [6, 6.07) is 0. The summed E-state index contributed by atoms with van der Waals surface area (Å²) in [6.07, 6.45) is -0.703. The third-order valence-electron chi connectivity index (χ3n) is 3.44. The standard InChI is InChI=1S/C14H24N2O7/c17-13(15-1-5-19-6-2-15)22-11-9-21-10-12-23-14(18)16-3-7-20-8-4-16/h1-12H2. The molecule has 0 spiro atoms. The van der Waals surface area contributed by atoms with E-state index in [4.69, 9.17) is 23.7 Å². The van der Waals surface area contributed by atoms with Crippen LogP contribution in [0.2, 0.25) is 0 Å². The van der Waals surface area contributed by atoms with Gasteiger partial charge >= 0.3 is 12.2 Å². The van der Waals surface area contributed by atoms with Crippen molar-refractivity contribution in [3.63, 3.8) is 0 Å². The lowest BCUT2D eigenvalue weighted by Gasteiger charge is -2.26. The van der Waals surface area contributed by atoms with E-state index in [9.17, 15) is 9.59 Å². The normalized spacial score (nSPS) is 18.6. The first-order valence-electron chi connectivity index (χ1n) is 7.84. The fourth-order valence-electron chi connectivity index (χ4n) is 2.15. The van der Waals surface area contributed by atoms with Gasteiger partial charge in [0.25, 0.3) is 0 Å². The Morgan fingerprint density at radius 1 is 0.696 bits per heavy atom. The number of nitrogens with zero attached hydrogens (tertiary/aromatic N) is 2. The van der Waals surface area contributed by atoms with Crippen molar-refractivity contribution >= 4 is 12.2 Å². The topological polar surface area (TPSA) is 86.8 Å². The Kier molecular flexibility index (Phi) is 7.91. The van der Waals surface area contributed by atoms with Crippen LogP contribution in [0.15, 0.2) is 0 Å². The first-order valence-corrected chi connectivity index (χ1v) is 7.84. The lowest BCUT2D eigenvalue weighted by molar-refractivity contribution is 0.00289. The summed E-state index contributed by atoms with van der Waals surface area (Å²) in [5, 5.41) is 0. The van der Waals surface area contributed by atoms with E-state index >= 15 is 0 Å². The summed E-state index contributed by atoms with van der Waals surface area (Å²) >= 11 is 0. The number of amides is 2. The summed E-state index contributed by atoms with van der Waals surface area (Å²) in [6.45, 7) is 5.26. The van der Waals surface area contributed by atoms with E-state index in [1.807, 2.05) is 0 Å². The zero-order valence-corrected chi connectivity index (χ0v) is 13.2. The van der Waals surface area contributed by atoms with E-state index < -0.39 is 0 Å². The SMILES string of the molecule is O=C(OCCOCCOC(=O)N1CCOCC1)N1CCOCC1. The third kappa shape index (κ3) is 6.59. The van der Waals surface area contributed by atoms with Gasteiger partial charge in [0.1, 0.15) is 13.2 Å². The van der Waals surface area contributed by atoms with Gasteiger partial charge in [-0.2, -0.15) is 0 Å². The van der Waals surface area contributed by atoms with Gasteiger partial charge in [0.15, 0.2) is 0 Å². The van der Waals surface area contributed by atoms with Crippen molar-refractivity contribution in [1.29, 1.82) is 0 Å². The molecule has 0 atom stereocenters. The van der Waals surface area contributed by atoms with Crippen LogP contribution in [0.25, 0.3) is 0 Å². The van der Waals surface area contributed by atoms with Gasteiger partial charge in [-0.05, 0) is 0 Å². The predicted molar refractivity (Wildman–Crippen MR) is 78.3 cm³/mol. The fraction of sp³-hybridized carbons (Fsp3) is 0.857. The molecule has 2 fully saturated rings. The fourth-order valence-corrected chi connectivity index (χ4v) is 2.15. The Balaban J connectivity index is 1.43. The van der Waals surface area contributed by atoms with Gasteiger partial charge < -0.3 is 33.5 Å². The molecule has 9 nitrogen and oxygen atoms in total. The van der Waals surface area contributed by atoms with Crippen molar-refractivity contribution in [3.8, 4) is 0 Å². The van der Waals surface area contributed by atoms with E-state index in [0.29, 0.717) is 52.6 Å². The molecule has 9 heteroatoms. The zero-order valence-electron chi connectivity index (χ0n) is 13.2.